The van der Waals surface area contributed by atoms with E-state index in [2.05, 4.69) is 30.6 Å². The molecule has 0 aliphatic heterocycles. The fourth-order valence-corrected chi connectivity index (χ4v) is 5.11. The highest BCUT2D eigenvalue weighted by Gasteiger charge is 2.24. The Kier molecular flexibility index (Phi) is 6.65. The first kappa shape index (κ1) is 24.8. The zero-order chi connectivity index (χ0) is 26.3. The Balaban J connectivity index is 1.47. The average Bonchev–Trinajstić information content (AvgIpc) is 3.41. The normalized spacial score (nSPS) is 18.0. The summed E-state index contributed by atoms with van der Waals surface area (Å²) < 4.78 is 48.2. The van der Waals surface area contributed by atoms with E-state index in [0.29, 0.717) is 39.8 Å². The lowest BCUT2D eigenvalue weighted by atomic mass is 9.91. The van der Waals surface area contributed by atoms with Gasteiger partial charge in [0.25, 0.3) is 6.43 Å². The van der Waals surface area contributed by atoms with Crippen molar-refractivity contribution in [3.8, 4) is 17.0 Å². The van der Waals surface area contributed by atoms with Crippen LogP contribution < -0.4 is 15.4 Å². The molecule has 4 aromatic rings. The number of rotatable bonds is 7. The van der Waals surface area contributed by atoms with Crippen molar-refractivity contribution in [2.75, 3.05) is 12.4 Å². The number of hydrogen-bond donors (Lipinski definition) is 3. The average molecular weight is 516 g/mol. The molecule has 196 valence electrons. The summed E-state index contributed by atoms with van der Waals surface area (Å²) in [6, 6.07) is 3.29. The molecule has 0 saturated heterocycles. The van der Waals surface area contributed by atoms with Crippen molar-refractivity contribution in [2.45, 2.75) is 64.6 Å². The van der Waals surface area contributed by atoms with Crippen molar-refractivity contribution in [3.05, 3.63) is 30.0 Å². The van der Waals surface area contributed by atoms with Gasteiger partial charge in [-0.3, -0.25) is 4.79 Å². The number of H-pyrrole nitrogens is 1. The Hall–Kier alpha value is -3.83. The van der Waals surface area contributed by atoms with Gasteiger partial charge in [0.1, 0.15) is 17.0 Å². The topological polar surface area (TPSA) is 110 Å². The number of nitrogens with zero attached hydrogens (tertiary/aromatic N) is 4. The summed E-state index contributed by atoms with van der Waals surface area (Å²) in [5, 5.41) is 6.87. The summed E-state index contributed by atoms with van der Waals surface area (Å²) in [5.74, 6) is 0.380. The van der Waals surface area contributed by atoms with E-state index in [9.17, 15) is 13.6 Å². The van der Waals surface area contributed by atoms with E-state index in [1.54, 1.807) is 19.2 Å². The maximum atomic E-state index is 15.0. The number of halogens is 3. The lowest BCUT2D eigenvalue weighted by Gasteiger charge is -2.29. The van der Waals surface area contributed by atoms with Crippen LogP contribution in [0.5, 0.6) is 5.88 Å². The minimum absolute atomic E-state index is 0.0230. The zero-order valence-corrected chi connectivity index (χ0v) is 20.7. The van der Waals surface area contributed by atoms with Crippen LogP contribution >= 0.6 is 0 Å². The molecule has 1 aliphatic rings. The van der Waals surface area contributed by atoms with Crippen LogP contribution in [-0.2, 0) is 11.3 Å². The van der Waals surface area contributed by atoms with Gasteiger partial charge in [-0.05, 0) is 50.3 Å². The SMILES string of the molecule is COc1nc(N[C@H]2CC[C@@H](NC(C)=O)CC2)nc2[nH]cc(-c3cc(F)c4nc(C)n(CC(F)F)c4c3)c12. The van der Waals surface area contributed by atoms with Crippen molar-refractivity contribution in [3.63, 3.8) is 0 Å². The second-order valence-corrected chi connectivity index (χ2v) is 9.36. The number of imidazole rings is 1. The number of anilines is 1. The minimum Gasteiger partial charge on any atom is -0.480 e. The molecule has 9 nitrogen and oxygen atoms in total. The number of aromatic nitrogens is 5. The van der Waals surface area contributed by atoms with Crippen LogP contribution in [-0.4, -0.2) is 56.0 Å². The Bertz CT molecular complexity index is 1460. The molecule has 1 aliphatic carbocycles. The van der Waals surface area contributed by atoms with E-state index in [4.69, 9.17) is 4.74 Å². The molecule has 1 saturated carbocycles. The fourth-order valence-electron chi connectivity index (χ4n) is 5.11. The molecule has 1 fully saturated rings. The highest BCUT2D eigenvalue weighted by atomic mass is 19.3. The van der Waals surface area contributed by atoms with Gasteiger partial charge in [0.2, 0.25) is 17.7 Å². The number of aromatic amines is 1. The molecule has 0 unspecified atom stereocenters. The van der Waals surface area contributed by atoms with Crippen molar-refractivity contribution < 1.29 is 22.7 Å². The fraction of sp³-hybridized carbons (Fsp3) is 0.440. The Morgan fingerprint density at radius 2 is 1.92 bits per heavy atom. The van der Waals surface area contributed by atoms with E-state index in [1.807, 2.05) is 0 Å². The molecule has 0 bridgehead atoms. The Morgan fingerprint density at radius 3 is 2.59 bits per heavy atom. The molecular formula is C25H28F3N7O2. The number of methoxy groups -OCH3 is 1. The van der Waals surface area contributed by atoms with Crippen LogP contribution in [0, 0.1) is 12.7 Å². The molecule has 3 aromatic heterocycles. The standard InChI is InChI=1S/C25H28F3N7O2/c1-12-30-22-18(26)8-14(9-19(22)35(12)11-20(27)28)17-10-29-23-21(17)24(37-3)34-25(33-23)32-16-6-4-15(5-7-16)31-13(2)36/h8-10,15-16,20H,4-7,11H2,1-3H3,(H,31,36)(H2,29,32,33,34)/t15-,16+. The highest BCUT2D eigenvalue weighted by Crippen LogP contribution is 2.37. The molecule has 3 N–H and O–H groups in total. The number of ether oxygens (including phenoxy) is 1. The first-order valence-electron chi connectivity index (χ1n) is 12.1. The third-order valence-corrected chi connectivity index (χ3v) is 6.79. The number of benzene rings is 1. The van der Waals surface area contributed by atoms with Gasteiger partial charge < -0.3 is 24.9 Å². The quantitative estimate of drug-likeness (QED) is 0.333. The van der Waals surface area contributed by atoms with Crippen molar-refractivity contribution in [1.82, 2.24) is 29.8 Å². The smallest absolute Gasteiger partial charge is 0.256 e. The molecule has 1 amide bonds. The second kappa shape index (κ2) is 9.91. The largest absolute Gasteiger partial charge is 0.480 e. The van der Waals surface area contributed by atoms with Gasteiger partial charge in [-0.15, -0.1) is 0 Å². The molecule has 0 atom stereocenters. The summed E-state index contributed by atoms with van der Waals surface area (Å²) >= 11 is 0. The molecule has 0 radical (unpaired) electrons. The summed E-state index contributed by atoms with van der Waals surface area (Å²) in [5.41, 5.74) is 1.87. The van der Waals surface area contributed by atoms with Crippen LogP contribution in [0.3, 0.4) is 0 Å². The lowest BCUT2D eigenvalue weighted by Crippen LogP contribution is -2.39. The molecule has 3 heterocycles. The molecule has 12 heteroatoms. The molecular weight excluding hydrogens is 487 g/mol. The highest BCUT2D eigenvalue weighted by molar-refractivity contribution is 5.99. The number of hydrogen-bond acceptors (Lipinski definition) is 6. The van der Waals surface area contributed by atoms with Gasteiger partial charge in [-0.2, -0.15) is 9.97 Å². The molecule has 37 heavy (non-hydrogen) atoms. The maximum absolute atomic E-state index is 15.0. The molecule has 0 spiro atoms. The van der Waals surface area contributed by atoms with Gasteiger partial charge >= 0.3 is 0 Å². The zero-order valence-electron chi connectivity index (χ0n) is 20.7. The summed E-state index contributed by atoms with van der Waals surface area (Å²) in [6.07, 6.45) is 2.50. The third kappa shape index (κ3) is 4.92. The summed E-state index contributed by atoms with van der Waals surface area (Å²) in [6.45, 7) is 2.52. The first-order chi connectivity index (χ1) is 17.7. The predicted octanol–water partition coefficient (Wildman–Crippen LogP) is 4.56. The monoisotopic (exact) mass is 515 g/mol. The number of carbonyl (C=O) groups excluding carboxylic acids is 1. The Labute approximate surface area is 210 Å². The molecule has 5 rings (SSSR count). The van der Waals surface area contributed by atoms with Crippen LogP contribution in [0.25, 0.3) is 33.2 Å². The van der Waals surface area contributed by atoms with E-state index in [1.165, 1.54) is 24.7 Å². The lowest BCUT2D eigenvalue weighted by molar-refractivity contribution is -0.119. The van der Waals surface area contributed by atoms with Crippen LogP contribution in [0.2, 0.25) is 0 Å². The number of amides is 1. The van der Waals surface area contributed by atoms with Crippen LogP contribution in [0.15, 0.2) is 18.3 Å². The Morgan fingerprint density at radius 1 is 1.19 bits per heavy atom. The van der Waals surface area contributed by atoms with E-state index in [0.717, 1.165) is 25.7 Å². The van der Waals surface area contributed by atoms with Crippen molar-refractivity contribution in [2.24, 2.45) is 0 Å². The summed E-state index contributed by atoms with van der Waals surface area (Å²) in [4.78, 5) is 27.7. The van der Waals surface area contributed by atoms with Crippen LogP contribution in [0.4, 0.5) is 19.1 Å². The van der Waals surface area contributed by atoms with Gasteiger partial charge in [0, 0.05) is 30.8 Å². The predicted molar refractivity (Wildman–Crippen MR) is 133 cm³/mol. The van der Waals surface area contributed by atoms with E-state index >= 15 is 4.39 Å². The van der Waals surface area contributed by atoms with Crippen LogP contribution in [0.1, 0.15) is 38.4 Å². The van der Waals surface area contributed by atoms with E-state index in [-0.39, 0.29) is 29.0 Å². The van der Waals surface area contributed by atoms with Gasteiger partial charge in [-0.1, -0.05) is 0 Å². The number of carbonyl (C=O) groups is 1. The maximum Gasteiger partial charge on any atom is 0.256 e. The third-order valence-electron chi connectivity index (χ3n) is 6.79. The molecule has 1 aromatic carbocycles. The van der Waals surface area contributed by atoms with Crippen molar-refractivity contribution >= 4 is 33.9 Å². The number of nitrogens with one attached hydrogen (secondary N) is 3. The second-order valence-electron chi connectivity index (χ2n) is 9.36. The van der Waals surface area contributed by atoms with Crippen molar-refractivity contribution in [1.29, 1.82) is 0 Å². The van der Waals surface area contributed by atoms with E-state index < -0.39 is 18.8 Å². The summed E-state index contributed by atoms with van der Waals surface area (Å²) in [7, 11) is 1.49. The minimum atomic E-state index is -2.60. The van der Waals surface area contributed by atoms with Gasteiger partial charge in [0.05, 0.1) is 24.6 Å². The van der Waals surface area contributed by atoms with Gasteiger partial charge in [-0.25, -0.2) is 18.2 Å². The number of alkyl halides is 2. The van der Waals surface area contributed by atoms with Gasteiger partial charge in [0.15, 0.2) is 5.82 Å². The number of fused-ring (bicyclic) bond motifs is 2. The number of aryl methyl sites for hydroxylation is 1. The first-order valence-corrected chi connectivity index (χ1v) is 12.1.